The van der Waals surface area contributed by atoms with E-state index in [9.17, 15) is 4.79 Å². The van der Waals surface area contributed by atoms with Crippen LogP contribution >= 0.6 is 11.3 Å². The van der Waals surface area contributed by atoms with Crippen LogP contribution in [0, 0.1) is 6.92 Å². The Hall–Kier alpha value is -1.10. The number of nitrogens with two attached hydrogens (primary N) is 1. The lowest BCUT2D eigenvalue weighted by molar-refractivity contribution is 0.0983. The molecule has 4 nitrogen and oxygen atoms in total. The van der Waals surface area contributed by atoms with Crippen LogP contribution in [0.4, 0.5) is 4.79 Å². The molecule has 76 valence electrons. The second kappa shape index (κ2) is 3.57. The number of hydrogen-bond acceptors (Lipinski definition) is 4. The van der Waals surface area contributed by atoms with Gasteiger partial charge in [-0.25, -0.2) is 9.78 Å². The zero-order valence-electron chi connectivity index (χ0n) is 7.95. The predicted molar refractivity (Wildman–Crippen MR) is 53.3 cm³/mol. The van der Waals surface area contributed by atoms with Gasteiger partial charge in [0, 0.05) is 11.3 Å². The van der Waals surface area contributed by atoms with Crippen molar-refractivity contribution in [1.29, 1.82) is 0 Å². The fourth-order valence-corrected chi connectivity index (χ4v) is 2.79. The first kappa shape index (κ1) is 9.45. The third kappa shape index (κ3) is 1.87. The highest BCUT2D eigenvalue weighted by molar-refractivity contribution is 7.11. The number of nitrogens with zero attached hydrogens (tertiary/aromatic N) is 1. The molecular formula is C9H12N2O2S. The molecule has 0 unspecified atom stereocenters. The largest absolute Gasteiger partial charge is 0.446 e. The second-order valence-electron chi connectivity index (χ2n) is 3.40. The van der Waals surface area contributed by atoms with Crippen LogP contribution in [-0.4, -0.2) is 17.2 Å². The Morgan fingerprint density at radius 1 is 1.71 bits per heavy atom. The number of amides is 1. The summed E-state index contributed by atoms with van der Waals surface area (Å²) >= 11 is 1.68. The number of rotatable bonds is 1. The average molecular weight is 212 g/mol. The van der Waals surface area contributed by atoms with Gasteiger partial charge in [-0.2, -0.15) is 0 Å². The van der Waals surface area contributed by atoms with Crippen LogP contribution in [0.15, 0.2) is 0 Å². The highest BCUT2D eigenvalue weighted by Crippen LogP contribution is 2.27. The molecular weight excluding hydrogens is 200 g/mol. The van der Waals surface area contributed by atoms with Gasteiger partial charge in [-0.3, -0.25) is 0 Å². The number of thiazole rings is 1. The Morgan fingerprint density at radius 3 is 3.21 bits per heavy atom. The van der Waals surface area contributed by atoms with Crippen molar-refractivity contribution in [3.8, 4) is 0 Å². The highest BCUT2D eigenvalue weighted by Gasteiger charge is 2.23. The topological polar surface area (TPSA) is 65.2 Å². The summed E-state index contributed by atoms with van der Waals surface area (Å²) in [5, 5.41) is 1.08. The summed E-state index contributed by atoms with van der Waals surface area (Å²) in [6.07, 6.45) is 1.75. The van der Waals surface area contributed by atoms with Crippen LogP contribution in [0.2, 0.25) is 0 Å². The Morgan fingerprint density at radius 2 is 2.50 bits per heavy atom. The number of carbonyl (C=O) groups is 1. The molecule has 2 N–H and O–H groups in total. The number of fused-ring (bicyclic) bond motifs is 1. The molecule has 0 fully saturated rings. The molecule has 0 aromatic carbocycles. The van der Waals surface area contributed by atoms with Crippen molar-refractivity contribution in [3.63, 3.8) is 0 Å². The van der Waals surface area contributed by atoms with Gasteiger partial charge in [-0.15, -0.1) is 11.3 Å². The highest BCUT2D eigenvalue weighted by atomic mass is 32.1. The number of aromatic nitrogens is 1. The average Bonchev–Trinajstić information content (AvgIpc) is 2.42. The SMILES string of the molecule is Cc1nc2c(s1)C[C@H](OC(N)=O)CC2. The van der Waals surface area contributed by atoms with Crippen LogP contribution in [0.3, 0.4) is 0 Å². The lowest BCUT2D eigenvalue weighted by atomic mass is 10.0. The maximum atomic E-state index is 10.6. The van der Waals surface area contributed by atoms with E-state index in [-0.39, 0.29) is 6.10 Å². The summed E-state index contributed by atoms with van der Waals surface area (Å²) in [5.74, 6) is 0. The Labute approximate surface area is 86.1 Å². The predicted octanol–water partition coefficient (Wildman–Crippen LogP) is 1.40. The summed E-state index contributed by atoms with van der Waals surface area (Å²) in [6, 6.07) is 0. The number of ether oxygens (including phenoxy) is 1. The fourth-order valence-electron chi connectivity index (χ4n) is 1.74. The van der Waals surface area contributed by atoms with Crippen molar-refractivity contribution < 1.29 is 9.53 Å². The summed E-state index contributed by atoms with van der Waals surface area (Å²) in [4.78, 5) is 16.2. The zero-order valence-corrected chi connectivity index (χ0v) is 8.76. The number of carbonyl (C=O) groups excluding carboxylic acids is 1. The van der Waals surface area contributed by atoms with Gasteiger partial charge in [0.2, 0.25) is 0 Å². The molecule has 1 heterocycles. The van der Waals surface area contributed by atoms with E-state index >= 15 is 0 Å². The number of hydrogen-bond donors (Lipinski definition) is 1. The molecule has 0 saturated carbocycles. The van der Waals surface area contributed by atoms with Crippen molar-refractivity contribution in [1.82, 2.24) is 4.98 Å². The molecule has 0 saturated heterocycles. The van der Waals surface area contributed by atoms with Crippen molar-refractivity contribution in [2.75, 3.05) is 0 Å². The lowest BCUT2D eigenvalue weighted by Gasteiger charge is -2.20. The third-order valence-electron chi connectivity index (χ3n) is 2.28. The standard InChI is InChI=1S/C9H12N2O2S/c1-5-11-7-3-2-6(13-9(10)12)4-8(7)14-5/h6H,2-4H2,1H3,(H2,10,12)/t6-/m1/s1. The van der Waals surface area contributed by atoms with Gasteiger partial charge in [0.25, 0.3) is 0 Å². The summed E-state index contributed by atoms with van der Waals surface area (Å²) in [6.45, 7) is 1.99. The normalized spacial score (nSPS) is 20.2. The van der Waals surface area contributed by atoms with E-state index in [1.165, 1.54) is 4.88 Å². The van der Waals surface area contributed by atoms with Crippen molar-refractivity contribution in [2.24, 2.45) is 5.73 Å². The van der Waals surface area contributed by atoms with E-state index in [4.69, 9.17) is 10.5 Å². The van der Waals surface area contributed by atoms with Gasteiger partial charge in [-0.05, 0) is 19.8 Å². The van der Waals surface area contributed by atoms with Crippen LogP contribution in [-0.2, 0) is 17.6 Å². The first-order valence-corrected chi connectivity index (χ1v) is 5.38. The van der Waals surface area contributed by atoms with E-state index in [1.54, 1.807) is 11.3 Å². The van der Waals surface area contributed by atoms with Gasteiger partial charge in [0.05, 0.1) is 10.7 Å². The van der Waals surface area contributed by atoms with Gasteiger partial charge in [-0.1, -0.05) is 0 Å². The molecule has 5 heteroatoms. The van der Waals surface area contributed by atoms with E-state index < -0.39 is 6.09 Å². The molecule has 1 amide bonds. The van der Waals surface area contributed by atoms with Crippen LogP contribution < -0.4 is 5.73 Å². The van der Waals surface area contributed by atoms with E-state index in [2.05, 4.69) is 4.98 Å². The summed E-state index contributed by atoms with van der Waals surface area (Å²) in [5.41, 5.74) is 6.14. The maximum absolute atomic E-state index is 10.6. The molecule has 0 bridgehead atoms. The molecule has 0 aliphatic heterocycles. The Kier molecular flexibility index (Phi) is 2.41. The molecule has 14 heavy (non-hydrogen) atoms. The van der Waals surface area contributed by atoms with Gasteiger partial charge < -0.3 is 10.5 Å². The van der Waals surface area contributed by atoms with Gasteiger partial charge in [0.1, 0.15) is 6.10 Å². The summed E-state index contributed by atoms with van der Waals surface area (Å²) < 4.78 is 4.98. The Balaban J connectivity index is 2.09. The van der Waals surface area contributed by atoms with Crippen molar-refractivity contribution >= 4 is 17.4 Å². The molecule has 1 aromatic rings. The molecule has 1 atom stereocenters. The molecule has 1 aliphatic rings. The van der Waals surface area contributed by atoms with Crippen molar-refractivity contribution in [3.05, 3.63) is 15.6 Å². The minimum absolute atomic E-state index is 0.0557. The molecule has 1 aromatic heterocycles. The van der Waals surface area contributed by atoms with E-state index in [0.29, 0.717) is 0 Å². The molecule has 0 radical (unpaired) electrons. The van der Waals surface area contributed by atoms with Crippen molar-refractivity contribution in [2.45, 2.75) is 32.3 Å². The quantitative estimate of drug-likeness (QED) is 0.765. The molecule has 1 aliphatic carbocycles. The smallest absolute Gasteiger partial charge is 0.404 e. The second-order valence-corrected chi connectivity index (χ2v) is 4.69. The molecule has 2 rings (SSSR count). The van der Waals surface area contributed by atoms with Gasteiger partial charge >= 0.3 is 6.09 Å². The number of aryl methyl sites for hydroxylation is 2. The first-order valence-electron chi connectivity index (χ1n) is 4.56. The fraction of sp³-hybridized carbons (Fsp3) is 0.556. The van der Waals surface area contributed by atoms with E-state index in [0.717, 1.165) is 30.0 Å². The monoisotopic (exact) mass is 212 g/mol. The van der Waals surface area contributed by atoms with Crippen LogP contribution in [0.25, 0.3) is 0 Å². The van der Waals surface area contributed by atoms with Crippen LogP contribution in [0.1, 0.15) is 22.0 Å². The van der Waals surface area contributed by atoms with Gasteiger partial charge in [0.15, 0.2) is 0 Å². The zero-order chi connectivity index (χ0) is 10.1. The third-order valence-corrected chi connectivity index (χ3v) is 3.32. The first-order chi connectivity index (χ1) is 6.65. The Bertz CT molecular complexity index is 362. The lowest BCUT2D eigenvalue weighted by Crippen LogP contribution is -2.27. The van der Waals surface area contributed by atoms with Crippen LogP contribution in [0.5, 0.6) is 0 Å². The minimum atomic E-state index is -0.681. The number of primary amides is 1. The molecule has 0 spiro atoms. The summed E-state index contributed by atoms with van der Waals surface area (Å²) in [7, 11) is 0. The maximum Gasteiger partial charge on any atom is 0.404 e. The van der Waals surface area contributed by atoms with E-state index in [1.807, 2.05) is 6.92 Å². The minimum Gasteiger partial charge on any atom is -0.446 e.